The van der Waals surface area contributed by atoms with Crippen LogP contribution in [0.4, 0.5) is 0 Å². The lowest BCUT2D eigenvalue weighted by atomic mass is 10.1. The quantitative estimate of drug-likeness (QED) is 0.453. The van der Waals surface area contributed by atoms with Gasteiger partial charge in [0.2, 0.25) is 0 Å². The maximum Gasteiger partial charge on any atom is 0.161 e. The maximum absolute atomic E-state index is 4.97. The Labute approximate surface area is 180 Å². The lowest BCUT2D eigenvalue weighted by Gasteiger charge is -2.36. The first-order chi connectivity index (χ1) is 15.1. The largest absolute Gasteiger partial charge is 0.333 e. The van der Waals surface area contributed by atoms with Crippen molar-refractivity contribution in [3.05, 3.63) is 71.7 Å². The number of hydrogen-bond acceptors (Lipinski definition) is 4. The minimum atomic E-state index is 0.458. The minimum absolute atomic E-state index is 0.458. The van der Waals surface area contributed by atoms with Crippen LogP contribution in [0.15, 0.2) is 54.7 Å². The summed E-state index contributed by atoms with van der Waals surface area (Å²) in [6.07, 6.45) is 2.11. The summed E-state index contributed by atoms with van der Waals surface area (Å²) in [5.41, 5.74) is 7.80. The summed E-state index contributed by atoms with van der Waals surface area (Å²) >= 11 is 0. The molecular formula is C24H25N7. The number of likely N-dealkylation sites (N-methyl/N-ethyl adjacent to an activating group) is 1. The summed E-state index contributed by atoms with van der Waals surface area (Å²) in [6, 6.07) is 17.7. The summed E-state index contributed by atoms with van der Waals surface area (Å²) in [5, 5.41) is 13.6. The monoisotopic (exact) mass is 411 g/mol. The van der Waals surface area contributed by atoms with Crippen LogP contribution in [0.3, 0.4) is 0 Å². The molecule has 1 aromatic carbocycles. The molecule has 0 radical (unpaired) electrons. The van der Waals surface area contributed by atoms with Gasteiger partial charge in [0.05, 0.1) is 22.8 Å². The standard InChI is InChI=1S/C24H25N7/c1-16-5-4-6-18(11-16)13-29-21-7-8-24-26-25-17(2)31(24)23(21)12-22(29)20-9-10-30(27-20)19-14-28(3)15-19/h4-12,19H,13-15H2,1-3H3. The molecule has 0 unspecified atom stereocenters. The van der Waals surface area contributed by atoms with E-state index >= 15 is 0 Å². The Morgan fingerprint density at radius 1 is 0.968 bits per heavy atom. The Morgan fingerprint density at radius 3 is 2.65 bits per heavy atom. The van der Waals surface area contributed by atoms with Crippen LogP contribution in [0, 0.1) is 13.8 Å². The second kappa shape index (κ2) is 6.78. The van der Waals surface area contributed by atoms with Gasteiger partial charge in [0.1, 0.15) is 11.5 Å². The molecule has 0 bridgehead atoms. The zero-order valence-electron chi connectivity index (χ0n) is 18.0. The Hall–Kier alpha value is -3.45. The van der Waals surface area contributed by atoms with E-state index in [2.05, 4.69) is 91.4 Å². The molecule has 5 aromatic rings. The fraction of sp³-hybridized carbons (Fsp3) is 0.292. The lowest BCUT2D eigenvalue weighted by Crippen LogP contribution is -2.45. The fourth-order valence-electron chi connectivity index (χ4n) is 4.73. The number of aryl methyl sites for hydroxylation is 2. The number of hydrogen-bond donors (Lipinski definition) is 0. The summed E-state index contributed by atoms with van der Waals surface area (Å²) in [7, 11) is 2.15. The van der Waals surface area contributed by atoms with E-state index in [-0.39, 0.29) is 0 Å². The van der Waals surface area contributed by atoms with Crippen LogP contribution in [0.25, 0.3) is 28.1 Å². The smallest absolute Gasteiger partial charge is 0.161 e. The first-order valence-electron chi connectivity index (χ1n) is 10.7. The molecule has 1 aliphatic rings. The number of likely N-dealkylation sites (tertiary alicyclic amines) is 1. The molecule has 7 nitrogen and oxygen atoms in total. The summed E-state index contributed by atoms with van der Waals surface area (Å²) in [4.78, 5) is 2.31. The zero-order valence-corrected chi connectivity index (χ0v) is 18.0. The first-order valence-corrected chi connectivity index (χ1v) is 10.7. The highest BCUT2D eigenvalue weighted by atomic mass is 15.4. The Balaban J connectivity index is 1.53. The number of fused-ring (bicyclic) bond motifs is 3. The van der Waals surface area contributed by atoms with Crippen molar-refractivity contribution in [2.75, 3.05) is 20.1 Å². The molecule has 0 N–H and O–H groups in total. The van der Waals surface area contributed by atoms with Crippen LogP contribution < -0.4 is 0 Å². The van der Waals surface area contributed by atoms with E-state index < -0.39 is 0 Å². The average Bonchev–Trinajstić information content (AvgIpc) is 3.43. The molecule has 5 heterocycles. The Kier molecular flexibility index (Phi) is 4.01. The fourth-order valence-corrected chi connectivity index (χ4v) is 4.73. The highest BCUT2D eigenvalue weighted by molar-refractivity contribution is 5.86. The van der Waals surface area contributed by atoms with Crippen LogP contribution in [-0.4, -0.2) is 54.0 Å². The Bertz CT molecular complexity index is 1410. The van der Waals surface area contributed by atoms with E-state index in [4.69, 9.17) is 5.10 Å². The second-order valence-corrected chi connectivity index (χ2v) is 8.71. The molecule has 1 saturated heterocycles. The third-order valence-corrected chi connectivity index (χ3v) is 6.31. The molecule has 156 valence electrons. The number of aromatic nitrogens is 6. The third kappa shape index (κ3) is 2.96. The van der Waals surface area contributed by atoms with Gasteiger partial charge in [-0.2, -0.15) is 5.10 Å². The van der Waals surface area contributed by atoms with Gasteiger partial charge >= 0.3 is 0 Å². The molecular weight excluding hydrogens is 386 g/mol. The number of rotatable bonds is 4. The van der Waals surface area contributed by atoms with Crippen molar-refractivity contribution >= 4 is 16.7 Å². The van der Waals surface area contributed by atoms with Crippen LogP contribution in [0.2, 0.25) is 0 Å². The molecule has 7 heteroatoms. The highest BCUT2D eigenvalue weighted by Crippen LogP contribution is 2.30. The number of pyridine rings is 1. The Morgan fingerprint density at radius 2 is 1.84 bits per heavy atom. The third-order valence-electron chi connectivity index (χ3n) is 6.31. The van der Waals surface area contributed by atoms with Gasteiger partial charge in [-0.3, -0.25) is 9.08 Å². The van der Waals surface area contributed by atoms with Gasteiger partial charge in [0.15, 0.2) is 5.65 Å². The van der Waals surface area contributed by atoms with Gasteiger partial charge in [-0.1, -0.05) is 29.8 Å². The van der Waals surface area contributed by atoms with Crippen molar-refractivity contribution in [1.82, 2.24) is 33.8 Å². The predicted molar refractivity (Wildman–Crippen MR) is 121 cm³/mol. The summed E-state index contributed by atoms with van der Waals surface area (Å²) in [6.45, 7) is 7.02. The van der Waals surface area contributed by atoms with Crippen molar-refractivity contribution in [1.29, 1.82) is 0 Å². The van der Waals surface area contributed by atoms with Gasteiger partial charge in [0.25, 0.3) is 0 Å². The molecule has 0 spiro atoms. The number of benzene rings is 1. The molecule has 1 aliphatic heterocycles. The van der Waals surface area contributed by atoms with Gasteiger partial charge in [0, 0.05) is 25.8 Å². The SMILES string of the molecule is Cc1cccc(Cn2c(-c3ccn(C4CN(C)C4)n3)cc3c2ccc2nnc(C)n23)c1. The molecule has 6 rings (SSSR count). The van der Waals surface area contributed by atoms with E-state index in [0.717, 1.165) is 53.5 Å². The molecule has 4 aromatic heterocycles. The summed E-state index contributed by atoms with van der Waals surface area (Å²) in [5.74, 6) is 0.892. The molecule has 0 amide bonds. The van der Waals surface area contributed by atoms with Crippen molar-refractivity contribution in [2.24, 2.45) is 0 Å². The highest BCUT2D eigenvalue weighted by Gasteiger charge is 2.26. The van der Waals surface area contributed by atoms with E-state index in [1.54, 1.807) is 0 Å². The number of nitrogens with zero attached hydrogens (tertiary/aromatic N) is 7. The van der Waals surface area contributed by atoms with Crippen LogP contribution in [0.1, 0.15) is 23.0 Å². The average molecular weight is 412 g/mol. The minimum Gasteiger partial charge on any atom is -0.333 e. The molecule has 0 aliphatic carbocycles. The van der Waals surface area contributed by atoms with Gasteiger partial charge in [-0.15, -0.1) is 10.2 Å². The van der Waals surface area contributed by atoms with Crippen molar-refractivity contribution in [3.8, 4) is 11.4 Å². The molecule has 0 atom stereocenters. The predicted octanol–water partition coefficient (Wildman–Crippen LogP) is 3.70. The zero-order chi connectivity index (χ0) is 21.1. The topological polar surface area (TPSA) is 56.2 Å². The molecule has 0 saturated carbocycles. The van der Waals surface area contributed by atoms with Crippen LogP contribution >= 0.6 is 0 Å². The normalized spacial score (nSPS) is 15.2. The molecule has 31 heavy (non-hydrogen) atoms. The lowest BCUT2D eigenvalue weighted by molar-refractivity contribution is 0.131. The van der Waals surface area contributed by atoms with Crippen molar-refractivity contribution < 1.29 is 0 Å². The van der Waals surface area contributed by atoms with E-state index in [0.29, 0.717) is 6.04 Å². The molecule has 1 fully saturated rings. The van der Waals surface area contributed by atoms with E-state index in [1.165, 1.54) is 11.1 Å². The van der Waals surface area contributed by atoms with E-state index in [9.17, 15) is 0 Å². The van der Waals surface area contributed by atoms with Gasteiger partial charge < -0.3 is 9.47 Å². The van der Waals surface area contributed by atoms with Crippen molar-refractivity contribution in [2.45, 2.75) is 26.4 Å². The maximum atomic E-state index is 4.97. The van der Waals surface area contributed by atoms with Gasteiger partial charge in [-0.05, 0) is 50.7 Å². The summed E-state index contributed by atoms with van der Waals surface area (Å²) < 4.78 is 6.61. The van der Waals surface area contributed by atoms with Gasteiger partial charge in [-0.25, -0.2) is 0 Å². The first kappa shape index (κ1) is 18.3. The van der Waals surface area contributed by atoms with E-state index in [1.807, 2.05) is 13.0 Å². The van der Waals surface area contributed by atoms with Crippen LogP contribution in [0.5, 0.6) is 0 Å². The van der Waals surface area contributed by atoms with Crippen LogP contribution in [-0.2, 0) is 6.54 Å². The second-order valence-electron chi connectivity index (χ2n) is 8.71. The van der Waals surface area contributed by atoms with Crippen molar-refractivity contribution in [3.63, 3.8) is 0 Å².